The Hall–Kier alpha value is -1.05. The van der Waals surface area contributed by atoms with Crippen LogP contribution in [-0.2, 0) is 4.79 Å². The average Bonchev–Trinajstić information content (AvgIpc) is 2.25. The minimum Gasteiger partial charge on any atom is -0.337 e. The maximum absolute atomic E-state index is 11.5. The minimum absolute atomic E-state index is 0.155. The largest absolute Gasteiger partial charge is 0.337 e. The molecule has 0 radical (unpaired) electrons. The SMILES string of the molecule is CC(=O)N(CC=CC1CC=C(C)CC1C)C(C)C. The van der Waals surface area contributed by atoms with Crippen LogP contribution in [-0.4, -0.2) is 23.4 Å². The number of allylic oxidation sites excluding steroid dienone is 3. The molecule has 2 heteroatoms. The van der Waals surface area contributed by atoms with Crippen molar-refractivity contribution >= 4 is 5.91 Å². The van der Waals surface area contributed by atoms with Crippen LogP contribution < -0.4 is 0 Å². The number of hydrogen-bond donors (Lipinski definition) is 0. The molecule has 2 nitrogen and oxygen atoms in total. The van der Waals surface area contributed by atoms with Gasteiger partial charge in [0, 0.05) is 19.5 Å². The number of carbonyl (C=O) groups is 1. The van der Waals surface area contributed by atoms with Crippen molar-refractivity contribution in [1.82, 2.24) is 4.90 Å². The molecular weight excluding hydrogens is 222 g/mol. The van der Waals surface area contributed by atoms with E-state index in [9.17, 15) is 4.79 Å². The third-order valence-corrected chi connectivity index (χ3v) is 3.83. The van der Waals surface area contributed by atoms with Gasteiger partial charge in [0.1, 0.15) is 0 Å². The van der Waals surface area contributed by atoms with Crippen molar-refractivity contribution in [2.75, 3.05) is 6.54 Å². The zero-order chi connectivity index (χ0) is 13.7. The Labute approximate surface area is 112 Å². The normalized spacial score (nSPS) is 24.4. The lowest BCUT2D eigenvalue weighted by Crippen LogP contribution is -2.35. The first-order valence-electron chi connectivity index (χ1n) is 7.01. The highest BCUT2D eigenvalue weighted by molar-refractivity contribution is 5.73. The van der Waals surface area contributed by atoms with Crippen molar-refractivity contribution in [3.05, 3.63) is 23.8 Å². The van der Waals surface area contributed by atoms with E-state index in [-0.39, 0.29) is 11.9 Å². The zero-order valence-corrected chi connectivity index (χ0v) is 12.4. The maximum atomic E-state index is 11.5. The molecule has 0 saturated carbocycles. The van der Waals surface area contributed by atoms with E-state index < -0.39 is 0 Å². The number of nitrogens with zero attached hydrogens (tertiary/aromatic N) is 1. The van der Waals surface area contributed by atoms with Crippen LogP contribution in [0.4, 0.5) is 0 Å². The van der Waals surface area contributed by atoms with Crippen LogP contribution in [0.1, 0.15) is 47.5 Å². The highest BCUT2D eigenvalue weighted by atomic mass is 16.2. The smallest absolute Gasteiger partial charge is 0.219 e. The standard InChI is InChI=1S/C16H27NO/c1-12(2)17(15(5)18)10-6-7-16-9-8-13(3)11-14(16)4/h6-8,12,14,16H,9-11H2,1-5H3. The zero-order valence-electron chi connectivity index (χ0n) is 12.4. The third-order valence-electron chi connectivity index (χ3n) is 3.83. The summed E-state index contributed by atoms with van der Waals surface area (Å²) in [4.78, 5) is 13.4. The van der Waals surface area contributed by atoms with Gasteiger partial charge in [-0.05, 0) is 45.4 Å². The molecule has 0 heterocycles. The lowest BCUT2D eigenvalue weighted by molar-refractivity contribution is -0.129. The van der Waals surface area contributed by atoms with E-state index in [1.54, 1.807) is 6.92 Å². The molecule has 1 aliphatic rings. The first-order chi connectivity index (χ1) is 8.41. The van der Waals surface area contributed by atoms with Gasteiger partial charge in [0.25, 0.3) is 0 Å². The topological polar surface area (TPSA) is 20.3 Å². The fraction of sp³-hybridized carbons (Fsp3) is 0.688. The van der Waals surface area contributed by atoms with Gasteiger partial charge >= 0.3 is 0 Å². The van der Waals surface area contributed by atoms with Gasteiger partial charge in [-0.25, -0.2) is 0 Å². The molecule has 0 bridgehead atoms. The van der Waals surface area contributed by atoms with Crippen LogP contribution in [0.2, 0.25) is 0 Å². The monoisotopic (exact) mass is 249 g/mol. The number of carbonyl (C=O) groups excluding carboxylic acids is 1. The van der Waals surface area contributed by atoms with Crippen LogP contribution in [0.3, 0.4) is 0 Å². The Morgan fingerprint density at radius 1 is 1.56 bits per heavy atom. The van der Waals surface area contributed by atoms with Gasteiger partial charge in [-0.3, -0.25) is 4.79 Å². The number of rotatable bonds is 4. The molecule has 0 aromatic heterocycles. The summed E-state index contributed by atoms with van der Waals surface area (Å²) >= 11 is 0. The molecule has 1 rings (SSSR count). The predicted octanol–water partition coefficient (Wildman–Crippen LogP) is 3.79. The summed E-state index contributed by atoms with van der Waals surface area (Å²) in [6.07, 6.45) is 9.16. The second-order valence-corrected chi connectivity index (χ2v) is 5.82. The van der Waals surface area contributed by atoms with Crippen LogP contribution in [0.15, 0.2) is 23.8 Å². The van der Waals surface area contributed by atoms with Gasteiger partial charge in [-0.15, -0.1) is 0 Å². The van der Waals surface area contributed by atoms with Gasteiger partial charge < -0.3 is 4.90 Å². The van der Waals surface area contributed by atoms with Crippen molar-refractivity contribution in [2.24, 2.45) is 11.8 Å². The Balaban J connectivity index is 2.52. The minimum atomic E-state index is 0.155. The van der Waals surface area contributed by atoms with Crippen molar-refractivity contribution < 1.29 is 4.79 Å². The summed E-state index contributed by atoms with van der Waals surface area (Å²) in [5.74, 6) is 1.51. The van der Waals surface area contributed by atoms with E-state index in [1.165, 1.54) is 12.0 Å². The Morgan fingerprint density at radius 2 is 2.22 bits per heavy atom. The van der Waals surface area contributed by atoms with Crippen LogP contribution in [0.5, 0.6) is 0 Å². The van der Waals surface area contributed by atoms with Crippen LogP contribution >= 0.6 is 0 Å². The molecule has 0 N–H and O–H groups in total. The summed E-state index contributed by atoms with van der Waals surface area (Å²) in [6.45, 7) is 11.0. The van der Waals surface area contributed by atoms with Gasteiger partial charge in [-0.2, -0.15) is 0 Å². The molecule has 0 fully saturated rings. The number of amides is 1. The Kier molecular flexibility index (Phi) is 5.64. The molecule has 0 aromatic rings. The maximum Gasteiger partial charge on any atom is 0.219 e. The van der Waals surface area contributed by atoms with E-state index in [1.807, 2.05) is 4.90 Å². The molecule has 0 aromatic carbocycles. The van der Waals surface area contributed by atoms with Crippen molar-refractivity contribution in [1.29, 1.82) is 0 Å². The van der Waals surface area contributed by atoms with Gasteiger partial charge in [0.2, 0.25) is 5.91 Å². The molecule has 1 amide bonds. The molecule has 0 saturated heterocycles. The van der Waals surface area contributed by atoms with E-state index in [0.717, 1.165) is 18.9 Å². The average molecular weight is 249 g/mol. The first-order valence-corrected chi connectivity index (χ1v) is 7.01. The van der Waals surface area contributed by atoms with Crippen LogP contribution in [0, 0.1) is 11.8 Å². The second kappa shape index (κ2) is 6.77. The van der Waals surface area contributed by atoms with Crippen molar-refractivity contribution in [3.8, 4) is 0 Å². The summed E-state index contributed by atoms with van der Waals surface area (Å²) < 4.78 is 0. The molecule has 2 atom stereocenters. The lowest BCUT2D eigenvalue weighted by Gasteiger charge is -2.26. The summed E-state index contributed by atoms with van der Waals surface area (Å²) in [6, 6.07) is 0.276. The van der Waals surface area contributed by atoms with E-state index in [2.05, 4.69) is 45.9 Å². The summed E-state index contributed by atoms with van der Waals surface area (Å²) in [5, 5.41) is 0. The van der Waals surface area contributed by atoms with Crippen LogP contribution in [0.25, 0.3) is 0 Å². The third kappa shape index (κ3) is 4.32. The fourth-order valence-electron chi connectivity index (χ4n) is 2.63. The van der Waals surface area contributed by atoms with E-state index >= 15 is 0 Å². The van der Waals surface area contributed by atoms with E-state index in [4.69, 9.17) is 0 Å². The summed E-state index contributed by atoms with van der Waals surface area (Å²) in [5.41, 5.74) is 1.51. The predicted molar refractivity (Wildman–Crippen MR) is 77.3 cm³/mol. The molecular formula is C16H27NO. The Morgan fingerprint density at radius 3 is 2.72 bits per heavy atom. The van der Waals surface area contributed by atoms with Crippen molar-refractivity contribution in [3.63, 3.8) is 0 Å². The molecule has 1 aliphatic carbocycles. The number of hydrogen-bond acceptors (Lipinski definition) is 1. The van der Waals surface area contributed by atoms with Gasteiger partial charge in [0.05, 0.1) is 0 Å². The molecule has 2 unspecified atom stereocenters. The molecule has 18 heavy (non-hydrogen) atoms. The molecule has 0 aliphatic heterocycles. The lowest BCUT2D eigenvalue weighted by atomic mass is 9.81. The quantitative estimate of drug-likeness (QED) is 0.694. The highest BCUT2D eigenvalue weighted by Crippen LogP contribution is 2.29. The highest BCUT2D eigenvalue weighted by Gasteiger charge is 2.18. The Bertz CT molecular complexity index is 341. The van der Waals surface area contributed by atoms with Gasteiger partial charge in [-0.1, -0.05) is 30.7 Å². The molecule has 102 valence electrons. The van der Waals surface area contributed by atoms with E-state index in [0.29, 0.717) is 5.92 Å². The fourth-order valence-corrected chi connectivity index (χ4v) is 2.63. The first kappa shape index (κ1) is 15.0. The van der Waals surface area contributed by atoms with Crippen molar-refractivity contribution in [2.45, 2.75) is 53.5 Å². The van der Waals surface area contributed by atoms with Gasteiger partial charge in [0.15, 0.2) is 0 Å². The second-order valence-electron chi connectivity index (χ2n) is 5.82. The summed E-state index contributed by atoms with van der Waals surface area (Å²) in [7, 11) is 0. The molecule has 0 spiro atoms.